The van der Waals surface area contributed by atoms with Crippen LogP contribution >= 0.6 is 0 Å². The van der Waals surface area contributed by atoms with Gasteiger partial charge in [-0.25, -0.2) is 0 Å². The van der Waals surface area contributed by atoms with Gasteiger partial charge in [0.2, 0.25) is 0 Å². The van der Waals surface area contributed by atoms with Gasteiger partial charge >= 0.3 is 5.97 Å². The first kappa shape index (κ1) is 15.3. The fourth-order valence-corrected chi connectivity index (χ4v) is 2.97. The summed E-state index contributed by atoms with van der Waals surface area (Å²) in [7, 11) is 0. The number of nitrogens with one attached hydrogen (secondary N) is 1. The number of hydrogen-bond acceptors (Lipinski definition) is 4. The highest BCUT2D eigenvalue weighted by molar-refractivity contribution is 5.76. The van der Waals surface area contributed by atoms with Crippen LogP contribution in [0.2, 0.25) is 0 Å². The predicted molar refractivity (Wildman–Crippen MR) is 79.5 cm³/mol. The van der Waals surface area contributed by atoms with Crippen LogP contribution in [0.25, 0.3) is 0 Å². The molecule has 6 heteroatoms. The second-order valence-electron chi connectivity index (χ2n) is 5.92. The first-order chi connectivity index (χ1) is 9.84. The molecule has 0 amide bonds. The monoisotopic (exact) mass is 292 g/mol. The Kier molecular flexibility index (Phi) is 4.16. The smallest absolute Gasteiger partial charge is 0.311 e. The molecule has 2 rings (SSSR count). The van der Waals surface area contributed by atoms with Gasteiger partial charge in [0.15, 0.2) is 0 Å². The van der Waals surface area contributed by atoms with E-state index in [0.717, 1.165) is 24.9 Å². The van der Waals surface area contributed by atoms with E-state index in [9.17, 15) is 20.0 Å². The Hall–Kier alpha value is -2.11. The van der Waals surface area contributed by atoms with Crippen molar-refractivity contribution in [3.05, 3.63) is 33.9 Å². The van der Waals surface area contributed by atoms with Gasteiger partial charge in [-0.1, -0.05) is 12.8 Å². The fraction of sp³-hybridized carbons (Fsp3) is 0.533. The van der Waals surface area contributed by atoms with Crippen molar-refractivity contribution >= 4 is 17.3 Å². The lowest BCUT2D eigenvalue weighted by atomic mass is 9.71. The van der Waals surface area contributed by atoms with Crippen molar-refractivity contribution in [3.8, 4) is 0 Å². The summed E-state index contributed by atoms with van der Waals surface area (Å²) in [5, 5.41) is 23.6. The van der Waals surface area contributed by atoms with Crippen LogP contribution < -0.4 is 5.32 Å². The molecule has 1 aliphatic carbocycles. The molecule has 1 saturated carbocycles. The molecule has 2 N–H and O–H groups in total. The average Bonchev–Trinajstić information content (AvgIpc) is 2.41. The minimum atomic E-state index is -0.798. The standard InChI is InChI=1S/C15H20N2O4/c1-10-9-11(6-7-12(10)17(20)21)16-13-5-3-4-8-15(13,2)14(18)19/h6-7,9,13,16H,3-5,8H2,1-2H3,(H,18,19). The molecule has 2 atom stereocenters. The van der Waals surface area contributed by atoms with E-state index in [1.54, 1.807) is 26.0 Å². The second kappa shape index (κ2) is 5.71. The van der Waals surface area contributed by atoms with Gasteiger partial charge in [-0.05, 0) is 38.8 Å². The molecule has 6 nitrogen and oxygen atoms in total. The lowest BCUT2D eigenvalue weighted by Gasteiger charge is -2.39. The highest BCUT2D eigenvalue weighted by atomic mass is 16.6. The van der Waals surface area contributed by atoms with Gasteiger partial charge < -0.3 is 10.4 Å². The average molecular weight is 292 g/mol. The molecule has 0 bridgehead atoms. The maximum absolute atomic E-state index is 11.6. The number of rotatable bonds is 4. The largest absolute Gasteiger partial charge is 0.481 e. The molecule has 2 unspecified atom stereocenters. The summed E-state index contributed by atoms with van der Waals surface area (Å²) in [6, 6.07) is 4.64. The zero-order valence-electron chi connectivity index (χ0n) is 12.3. The summed E-state index contributed by atoms with van der Waals surface area (Å²) in [6.07, 6.45) is 3.34. The number of carbonyl (C=O) groups is 1. The molecule has 1 aromatic rings. The third-order valence-corrected chi connectivity index (χ3v) is 4.43. The van der Waals surface area contributed by atoms with Gasteiger partial charge in [0.25, 0.3) is 5.69 Å². The van der Waals surface area contributed by atoms with Crippen molar-refractivity contribution in [1.29, 1.82) is 0 Å². The van der Waals surface area contributed by atoms with Crippen LogP contribution in [0.3, 0.4) is 0 Å². The Labute approximate surface area is 123 Å². The van der Waals surface area contributed by atoms with Crippen LogP contribution in [-0.2, 0) is 4.79 Å². The van der Waals surface area contributed by atoms with E-state index in [-0.39, 0.29) is 11.7 Å². The molecule has 114 valence electrons. The Balaban J connectivity index is 2.22. The molecule has 1 aliphatic rings. The highest BCUT2D eigenvalue weighted by Gasteiger charge is 2.43. The third kappa shape index (κ3) is 2.99. The van der Waals surface area contributed by atoms with Crippen LogP contribution in [0.15, 0.2) is 18.2 Å². The first-order valence-corrected chi connectivity index (χ1v) is 7.09. The number of benzene rings is 1. The Bertz CT molecular complexity index is 573. The summed E-state index contributed by atoms with van der Waals surface area (Å²) >= 11 is 0. The lowest BCUT2D eigenvalue weighted by Crippen LogP contribution is -2.46. The van der Waals surface area contributed by atoms with Crippen molar-refractivity contribution < 1.29 is 14.8 Å². The molecule has 0 spiro atoms. The second-order valence-corrected chi connectivity index (χ2v) is 5.92. The molecular formula is C15H20N2O4. The number of nitrogens with zero attached hydrogens (tertiary/aromatic N) is 1. The topological polar surface area (TPSA) is 92.5 Å². The summed E-state index contributed by atoms with van der Waals surface area (Å²) in [5.41, 5.74) is 0.578. The Morgan fingerprint density at radius 1 is 1.48 bits per heavy atom. The summed E-state index contributed by atoms with van der Waals surface area (Å²) < 4.78 is 0. The van der Waals surface area contributed by atoms with Gasteiger partial charge in [0.1, 0.15) is 0 Å². The van der Waals surface area contributed by atoms with Gasteiger partial charge in [0, 0.05) is 23.4 Å². The zero-order chi connectivity index (χ0) is 15.6. The summed E-state index contributed by atoms with van der Waals surface area (Å²) in [5.74, 6) is -0.793. The molecular weight excluding hydrogens is 272 g/mol. The van der Waals surface area contributed by atoms with Gasteiger partial charge in [-0.15, -0.1) is 0 Å². The van der Waals surface area contributed by atoms with Crippen LogP contribution in [-0.4, -0.2) is 22.0 Å². The molecule has 0 radical (unpaired) electrons. The molecule has 0 aromatic heterocycles. The van der Waals surface area contributed by atoms with Crippen molar-refractivity contribution in [3.63, 3.8) is 0 Å². The molecule has 21 heavy (non-hydrogen) atoms. The van der Waals surface area contributed by atoms with Crippen molar-refractivity contribution in [1.82, 2.24) is 0 Å². The predicted octanol–water partition coefficient (Wildman–Crippen LogP) is 3.35. The van der Waals surface area contributed by atoms with E-state index in [2.05, 4.69) is 5.32 Å². The maximum atomic E-state index is 11.6. The van der Waals surface area contributed by atoms with Crippen LogP contribution in [0.1, 0.15) is 38.2 Å². The molecule has 0 heterocycles. The molecule has 0 saturated heterocycles. The molecule has 1 fully saturated rings. The summed E-state index contributed by atoms with van der Waals surface area (Å²) in [6.45, 7) is 3.45. The highest BCUT2D eigenvalue weighted by Crippen LogP contribution is 2.38. The van der Waals surface area contributed by atoms with E-state index in [1.807, 2.05) is 0 Å². The minimum absolute atomic E-state index is 0.0743. The van der Waals surface area contributed by atoms with Crippen LogP contribution in [0.4, 0.5) is 11.4 Å². The van der Waals surface area contributed by atoms with Gasteiger partial charge in [-0.2, -0.15) is 0 Å². The zero-order valence-corrected chi connectivity index (χ0v) is 12.3. The molecule has 1 aromatic carbocycles. The number of anilines is 1. The molecule has 0 aliphatic heterocycles. The Morgan fingerprint density at radius 3 is 2.76 bits per heavy atom. The number of carboxylic acid groups (broad SMARTS) is 1. The maximum Gasteiger partial charge on any atom is 0.311 e. The third-order valence-electron chi connectivity index (χ3n) is 4.43. The van der Waals surface area contributed by atoms with Crippen LogP contribution in [0.5, 0.6) is 0 Å². The fourth-order valence-electron chi connectivity index (χ4n) is 2.97. The van der Waals surface area contributed by atoms with E-state index in [4.69, 9.17) is 0 Å². The normalized spacial score (nSPS) is 25.3. The van der Waals surface area contributed by atoms with E-state index >= 15 is 0 Å². The van der Waals surface area contributed by atoms with E-state index in [0.29, 0.717) is 12.0 Å². The van der Waals surface area contributed by atoms with E-state index in [1.165, 1.54) is 6.07 Å². The first-order valence-electron chi connectivity index (χ1n) is 7.09. The van der Waals surface area contributed by atoms with Gasteiger partial charge in [0.05, 0.1) is 10.3 Å². The number of hydrogen-bond donors (Lipinski definition) is 2. The van der Waals surface area contributed by atoms with Crippen LogP contribution in [0, 0.1) is 22.5 Å². The number of aliphatic carboxylic acids is 1. The SMILES string of the molecule is Cc1cc(NC2CCCCC2(C)C(=O)O)ccc1[N+](=O)[O-]. The van der Waals surface area contributed by atoms with E-state index < -0.39 is 16.3 Å². The number of carboxylic acids is 1. The quantitative estimate of drug-likeness (QED) is 0.655. The van der Waals surface area contributed by atoms with Gasteiger partial charge in [-0.3, -0.25) is 14.9 Å². The minimum Gasteiger partial charge on any atom is -0.481 e. The Morgan fingerprint density at radius 2 is 2.19 bits per heavy atom. The summed E-state index contributed by atoms with van der Waals surface area (Å²) in [4.78, 5) is 22.0. The van der Waals surface area contributed by atoms with Crippen molar-refractivity contribution in [2.75, 3.05) is 5.32 Å². The number of nitro groups is 1. The lowest BCUT2D eigenvalue weighted by molar-refractivity contribution is -0.385. The van der Waals surface area contributed by atoms with Crippen molar-refractivity contribution in [2.24, 2.45) is 5.41 Å². The number of nitro benzene ring substituents is 1. The number of aryl methyl sites for hydroxylation is 1. The van der Waals surface area contributed by atoms with Crippen molar-refractivity contribution in [2.45, 2.75) is 45.6 Å².